The molecule has 36 heavy (non-hydrogen) atoms. The first-order valence-corrected chi connectivity index (χ1v) is 11.8. The lowest BCUT2D eigenvalue weighted by Crippen LogP contribution is -2.29. The second-order valence-electron chi connectivity index (χ2n) is 8.24. The van der Waals surface area contributed by atoms with Crippen molar-refractivity contribution < 1.29 is 24.2 Å². The third-order valence-corrected chi connectivity index (χ3v) is 6.41. The molecule has 0 saturated carbocycles. The zero-order valence-corrected chi connectivity index (χ0v) is 20.4. The minimum atomic E-state index is -0.928. The monoisotopic (exact) mass is 502 g/mol. The number of rotatable bonds is 6. The average molecular weight is 503 g/mol. The van der Waals surface area contributed by atoms with Crippen LogP contribution in [0, 0.1) is 0 Å². The molecule has 1 fully saturated rings. The number of benzene rings is 3. The van der Waals surface area contributed by atoms with Crippen LogP contribution in [0.3, 0.4) is 0 Å². The van der Waals surface area contributed by atoms with Gasteiger partial charge in [0, 0.05) is 33.4 Å². The van der Waals surface area contributed by atoms with E-state index in [1.54, 1.807) is 48.7 Å². The third kappa shape index (κ3) is 3.87. The molecule has 1 amide bonds. The van der Waals surface area contributed by atoms with Gasteiger partial charge in [-0.3, -0.25) is 14.5 Å². The number of H-pyrrole nitrogens is 1. The Morgan fingerprint density at radius 1 is 1.06 bits per heavy atom. The standard InChI is InChI=1S/C28H23ClN2O5/c1-3-36-23-13-16(11-12-22(23)35-2)25-24(26(32)20-15-30-21-10-5-4-9-19(20)21)27(33)28(34)31(25)18-8-6-7-17(29)14-18/h4-15,25,30,32H,3H2,1-2H3/b26-24-. The SMILES string of the molecule is CCOc1cc(C2/C(=C(/O)c3c[nH]c4ccccc34)C(=O)C(=O)N2c2cccc(Cl)c2)ccc1OC. The summed E-state index contributed by atoms with van der Waals surface area (Å²) in [4.78, 5) is 31.3. The molecule has 0 spiro atoms. The lowest BCUT2D eigenvalue weighted by atomic mass is 9.94. The zero-order chi connectivity index (χ0) is 25.4. The second kappa shape index (κ2) is 9.43. The molecule has 3 aromatic carbocycles. The number of ether oxygens (including phenoxy) is 2. The summed E-state index contributed by atoms with van der Waals surface area (Å²) >= 11 is 6.23. The quantitative estimate of drug-likeness (QED) is 0.196. The van der Waals surface area contributed by atoms with Gasteiger partial charge in [-0.1, -0.05) is 41.9 Å². The summed E-state index contributed by atoms with van der Waals surface area (Å²) in [5.41, 5.74) is 2.19. The fraction of sp³-hybridized carbons (Fsp3) is 0.143. The number of nitrogens with one attached hydrogen (secondary N) is 1. The van der Waals surface area contributed by atoms with Gasteiger partial charge in [0.15, 0.2) is 11.5 Å². The average Bonchev–Trinajstić information content (AvgIpc) is 3.43. The van der Waals surface area contributed by atoms with Gasteiger partial charge in [-0.25, -0.2) is 0 Å². The summed E-state index contributed by atoms with van der Waals surface area (Å²) in [7, 11) is 1.53. The van der Waals surface area contributed by atoms with Gasteiger partial charge in [0.25, 0.3) is 11.7 Å². The number of anilines is 1. The number of aromatic nitrogens is 1. The first-order chi connectivity index (χ1) is 17.4. The molecule has 1 atom stereocenters. The van der Waals surface area contributed by atoms with Crippen molar-refractivity contribution in [3.8, 4) is 11.5 Å². The second-order valence-corrected chi connectivity index (χ2v) is 8.68. The van der Waals surface area contributed by atoms with Gasteiger partial charge < -0.3 is 19.6 Å². The third-order valence-electron chi connectivity index (χ3n) is 6.18. The molecular weight excluding hydrogens is 480 g/mol. The Morgan fingerprint density at radius 2 is 1.86 bits per heavy atom. The van der Waals surface area contributed by atoms with Gasteiger partial charge in [0.05, 0.1) is 25.3 Å². The predicted molar refractivity (Wildman–Crippen MR) is 139 cm³/mol. The highest BCUT2D eigenvalue weighted by Crippen LogP contribution is 2.45. The van der Waals surface area contributed by atoms with E-state index in [4.69, 9.17) is 21.1 Å². The molecule has 2 heterocycles. The van der Waals surface area contributed by atoms with Crippen molar-refractivity contribution in [3.05, 3.63) is 94.6 Å². The molecule has 2 N–H and O–H groups in total. The highest BCUT2D eigenvalue weighted by molar-refractivity contribution is 6.52. The van der Waals surface area contributed by atoms with Crippen molar-refractivity contribution >= 4 is 45.6 Å². The van der Waals surface area contributed by atoms with E-state index in [1.807, 2.05) is 31.2 Å². The maximum Gasteiger partial charge on any atom is 0.300 e. The minimum absolute atomic E-state index is 0.0302. The number of para-hydroxylation sites is 1. The Morgan fingerprint density at radius 3 is 2.61 bits per heavy atom. The summed E-state index contributed by atoms with van der Waals surface area (Å²) in [6, 6.07) is 18.4. The first-order valence-electron chi connectivity index (χ1n) is 11.4. The number of carbonyl (C=O) groups excluding carboxylic acids is 2. The number of methoxy groups -OCH3 is 1. The van der Waals surface area contributed by atoms with E-state index in [0.717, 1.165) is 10.9 Å². The number of hydrogen-bond acceptors (Lipinski definition) is 5. The van der Waals surface area contributed by atoms with Gasteiger partial charge >= 0.3 is 0 Å². The fourth-order valence-electron chi connectivity index (χ4n) is 4.58. The maximum atomic E-state index is 13.5. The summed E-state index contributed by atoms with van der Waals surface area (Å²) in [6.45, 7) is 2.24. The number of amides is 1. The fourth-order valence-corrected chi connectivity index (χ4v) is 4.77. The van der Waals surface area contributed by atoms with Crippen LogP contribution in [0.15, 0.2) is 78.5 Å². The van der Waals surface area contributed by atoms with Gasteiger partial charge in [0.2, 0.25) is 0 Å². The van der Waals surface area contributed by atoms with Crippen LogP contribution < -0.4 is 14.4 Å². The van der Waals surface area contributed by atoms with Crippen LogP contribution in [-0.2, 0) is 9.59 Å². The number of aliphatic hydroxyl groups excluding tert-OH is 1. The van der Waals surface area contributed by atoms with Gasteiger partial charge in [-0.2, -0.15) is 0 Å². The van der Waals surface area contributed by atoms with Crippen LogP contribution in [-0.4, -0.2) is 35.5 Å². The first kappa shape index (κ1) is 23.5. The molecule has 1 aliphatic heterocycles. The Labute approximate surface area is 212 Å². The Kier molecular flexibility index (Phi) is 6.16. The Balaban J connectivity index is 1.77. The van der Waals surface area contributed by atoms with Crippen LogP contribution in [0.1, 0.15) is 24.1 Å². The Bertz CT molecular complexity index is 1520. The summed E-state index contributed by atoms with van der Waals surface area (Å²) in [5, 5.41) is 12.6. The summed E-state index contributed by atoms with van der Waals surface area (Å²) in [6.07, 6.45) is 1.63. The minimum Gasteiger partial charge on any atom is -0.507 e. The van der Waals surface area contributed by atoms with Crippen LogP contribution in [0.5, 0.6) is 11.5 Å². The van der Waals surface area contributed by atoms with Crippen LogP contribution in [0.2, 0.25) is 5.02 Å². The molecule has 7 nitrogen and oxygen atoms in total. The highest BCUT2D eigenvalue weighted by Gasteiger charge is 2.47. The van der Waals surface area contributed by atoms with Crippen molar-refractivity contribution in [1.82, 2.24) is 4.98 Å². The molecule has 0 bridgehead atoms. The lowest BCUT2D eigenvalue weighted by Gasteiger charge is -2.26. The molecule has 4 aromatic rings. The topological polar surface area (TPSA) is 91.9 Å². The van der Waals surface area contributed by atoms with Gasteiger partial charge in [0.1, 0.15) is 5.76 Å². The number of carbonyl (C=O) groups is 2. The number of Topliss-reactive ketones (excluding diaryl/α,β-unsaturated/α-hetero) is 1. The lowest BCUT2D eigenvalue weighted by molar-refractivity contribution is -0.132. The van der Waals surface area contributed by atoms with E-state index in [-0.39, 0.29) is 11.3 Å². The van der Waals surface area contributed by atoms with Crippen molar-refractivity contribution in [3.63, 3.8) is 0 Å². The number of nitrogens with zero attached hydrogens (tertiary/aromatic N) is 1. The van der Waals surface area contributed by atoms with Crippen molar-refractivity contribution in [2.45, 2.75) is 13.0 Å². The van der Waals surface area contributed by atoms with Gasteiger partial charge in [-0.05, 0) is 48.9 Å². The molecule has 0 radical (unpaired) electrons. The molecule has 182 valence electrons. The summed E-state index contributed by atoms with van der Waals surface area (Å²) in [5.74, 6) is -0.860. The zero-order valence-electron chi connectivity index (χ0n) is 19.6. The predicted octanol–water partition coefficient (Wildman–Crippen LogP) is 5.85. The molecule has 1 unspecified atom stereocenters. The van der Waals surface area contributed by atoms with E-state index in [9.17, 15) is 14.7 Å². The van der Waals surface area contributed by atoms with Crippen LogP contribution >= 0.6 is 11.6 Å². The highest BCUT2D eigenvalue weighted by atomic mass is 35.5. The summed E-state index contributed by atoms with van der Waals surface area (Å²) < 4.78 is 11.2. The van der Waals surface area contributed by atoms with E-state index in [2.05, 4.69) is 4.98 Å². The molecule has 1 saturated heterocycles. The van der Waals surface area contributed by atoms with Crippen molar-refractivity contribution in [1.29, 1.82) is 0 Å². The van der Waals surface area contributed by atoms with E-state index in [1.165, 1.54) is 12.0 Å². The smallest absolute Gasteiger partial charge is 0.300 e. The van der Waals surface area contributed by atoms with Crippen LogP contribution in [0.25, 0.3) is 16.7 Å². The molecule has 8 heteroatoms. The number of aliphatic hydroxyl groups is 1. The molecular formula is C28H23ClN2O5. The largest absolute Gasteiger partial charge is 0.507 e. The normalized spacial score (nSPS) is 17.1. The van der Waals surface area contributed by atoms with Crippen LogP contribution in [0.4, 0.5) is 5.69 Å². The van der Waals surface area contributed by atoms with Gasteiger partial charge in [-0.15, -0.1) is 0 Å². The molecule has 5 rings (SSSR count). The number of hydrogen-bond donors (Lipinski definition) is 2. The van der Waals surface area contributed by atoms with Crippen molar-refractivity contribution in [2.75, 3.05) is 18.6 Å². The molecule has 1 aromatic heterocycles. The number of ketones is 1. The van der Waals surface area contributed by atoms with E-state index >= 15 is 0 Å². The molecule has 1 aliphatic rings. The molecule has 0 aliphatic carbocycles. The van der Waals surface area contributed by atoms with Crippen molar-refractivity contribution in [2.24, 2.45) is 0 Å². The Hall–Kier alpha value is -4.23. The number of halogens is 1. The maximum absolute atomic E-state index is 13.5. The van der Waals surface area contributed by atoms with E-state index < -0.39 is 17.7 Å². The van der Waals surface area contributed by atoms with E-state index in [0.29, 0.717) is 39.9 Å². The number of fused-ring (bicyclic) bond motifs is 1. The number of aromatic amines is 1.